The van der Waals surface area contributed by atoms with Gasteiger partial charge in [0.05, 0.1) is 0 Å². The lowest BCUT2D eigenvalue weighted by atomic mass is 9.91. The van der Waals surface area contributed by atoms with Crippen molar-refractivity contribution in [1.82, 2.24) is 0 Å². The van der Waals surface area contributed by atoms with E-state index in [2.05, 4.69) is 19.1 Å². The first-order valence-electron chi connectivity index (χ1n) is 5.50. The van der Waals surface area contributed by atoms with E-state index in [-0.39, 0.29) is 6.42 Å². The van der Waals surface area contributed by atoms with Crippen LogP contribution in [0.25, 0.3) is 0 Å². The number of carboxylic acids is 1. The van der Waals surface area contributed by atoms with Gasteiger partial charge in [-0.2, -0.15) is 0 Å². The molecule has 0 aliphatic heterocycles. The number of carboxylic acid groups (broad SMARTS) is 1. The zero-order valence-electron chi connectivity index (χ0n) is 9.15. The first kappa shape index (κ1) is 11.8. The van der Waals surface area contributed by atoms with Crippen molar-refractivity contribution < 1.29 is 9.90 Å². The molecule has 0 heterocycles. The molecule has 0 aliphatic carbocycles. The summed E-state index contributed by atoms with van der Waals surface area (Å²) in [5.41, 5.74) is 1.32. The molecule has 1 aromatic carbocycles. The van der Waals surface area contributed by atoms with Crippen molar-refractivity contribution >= 4 is 5.97 Å². The van der Waals surface area contributed by atoms with Gasteiger partial charge in [-0.25, -0.2) is 0 Å². The van der Waals surface area contributed by atoms with Crippen molar-refractivity contribution in [3.63, 3.8) is 0 Å². The molecule has 2 nitrogen and oxygen atoms in total. The third-order valence-corrected chi connectivity index (χ3v) is 2.71. The summed E-state index contributed by atoms with van der Waals surface area (Å²) in [5.74, 6) is -0.191. The zero-order valence-corrected chi connectivity index (χ0v) is 9.15. The predicted molar refractivity (Wildman–Crippen MR) is 61.0 cm³/mol. The molecule has 2 heteroatoms. The fourth-order valence-electron chi connectivity index (χ4n) is 1.83. The van der Waals surface area contributed by atoms with Gasteiger partial charge in [0.1, 0.15) is 0 Å². The van der Waals surface area contributed by atoms with E-state index < -0.39 is 5.97 Å². The Morgan fingerprint density at radius 1 is 1.33 bits per heavy atom. The van der Waals surface area contributed by atoms with E-state index in [0.717, 1.165) is 19.3 Å². The maximum atomic E-state index is 10.4. The Hall–Kier alpha value is -1.31. The molecule has 0 aliphatic rings. The fourth-order valence-corrected chi connectivity index (χ4v) is 1.83. The van der Waals surface area contributed by atoms with Crippen LogP contribution in [0.5, 0.6) is 0 Å². The van der Waals surface area contributed by atoms with Gasteiger partial charge in [0.15, 0.2) is 0 Å². The van der Waals surface area contributed by atoms with Crippen LogP contribution >= 0.6 is 0 Å². The molecule has 0 aromatic heterocycles. The van der Waals surface area contributed by atoms with Gasteiger partial charge >= 0.3 is 5.97 Å². The van der Waals surface area contributed by atoms with Gasteiger partial charge in [0, 0.05) is 6.42 Å². The van der Waals surface area contributed by atoms with Crippen LogP contribution in [0.3, 0.4) is 0 Å². The van der Waals surface area contributed by atoms with Crippen LogP contribution in [-0.4, -0.2) is 11.1 Å². The quantitative estimate of drug-likeness (QED) is 0.774. The highest BCUT2D eigenvalue weighted by atomic mass is 16.4. The molecule has 0 fully saturated rings. The Kier molecular flexibility index (Phi) is 4.88. The molecule has 1 aromatic rings. The number of aliphatic carboxylic acids is 1. The average Bonchev–Trinajstić information content (AvgIpc) is 2.25. The Morgan fingerprint density at radius 3 is 2.53 bits per heavy atom. The van der Waals surface area contributed by atoms with Crippen molar-refractivity contribution in [3.05, 3.63) is 35.9 Å². The highest BCUT2D eigenvalue weighted by molar-refractivity contribution is 5.66. The molecule has 1 rings (SSSR count). The minimum absolute atomic E-state index is 0.281. The van der Waals surface area contributed by atoms with Gasteiger partial charge in [-0.1, -0.05) is 37.3 Å². The molecule has 0 saturated heterocycles. The Bertz CT molecular complexity index is 293. The summed E-state index contributed by atoms with van der Waals surface area (Å²) in [6, 6.07) is 10.3. The summed E-state index contributed by atoms with van der Waals surface area (Å²) >= 11 is 0. The maximum absolute atomic E-state index is 10.4. The van der Waals surface area contributed by atoms with Crippen LogP contribution in [0.1, 0.15) is 44.1 Å². The van der Waals surface area contributed by atoms with Crippen molar-refractivity contribution in [2.45, 2.75) is 38.5 Å². The van der Waals surface area contributed by atoms with Gasteiger partial charge < -0.3 is 5.11 Å². The first-order chi connectivity index (χ1) is 7.24. The summed E-state index contributed by atoms with van der Waals surface area (Å²) in [6.07, 6.45) is 3.09. The van der Waals surface area contributed by atoms with E-state index >= 15 is 0 Å². The standard InChI is InChI=1S/C13H18O2/c1-2-11(9-6-10-13(14)15)12-7-4-3-5-8-12/h3-5,7-8,11H,2,6,9-10H2,1H3,(H,14,15)/t11-/m0/s1. The van der Waals surface area contributed by atoms with Crippen molar-refractivity contribution in [2.24, 2.45) is 0 Å². The fraction of sp³-hybridized carbons (Fsp3) is 0.462. The molecule has 0 amide bonds. The van der Waals surface area contributed by atoms with Gasteiger partial charge in [0.2, 0.25) is 0 Å². The lowest BCUT2D eigenvalue weighted by Gasteiger charge is -2.14. The van der Waals surface area contributed by atoms with Crippen LogP contribution in [0, 0.1) is 0 Å². The normalized spacial score (nSPS) is 12.3. The second-order valence-corrected chi connectivity index (χ2v) is 3.80. The monoisotopic (exact) mass is 206 g/mol. The largest absolute Gasteiger partial charge is 0.481 e. The number of hydrogen-bond donors (Lipinski definition) is 1. The molecular formula is C13H18O2. The average molecular weight is 206 g/mol. The van der Waals surface area contributed by atoms with Crippen LogP contribution in [0.2, 0.25) is 0 Å². The molecule has 82 valence electrons. The highest BCUT2D eigenvalue weighted by Gasteiger charge is 2.09. The molecule has 0 spiro atoms. The molecule has 15 heavy (non-hydrogen) atoms. The zero-order chi connectivity index (χ0) is 11.1. The van der Waals surface area contributed by atoms with E-state index in [1.54, 1.807) is 0 Å². The minimum atomic E-state index is -0.696. The van der Waals surface area contributed by atoms with Crippen molar-refractivity contribution in [3.8, 4) is 0 Å². The van der Waals surface area contributed by atoms with E-state index in [4.69, 9.17) is 5.11 Å². The molecule has 0 bridgehead atoms. The second-order valence-electron chi connectivity index (χ2n) is 3.80. The lowest BCUT2D eigenvalue weighted by molar-refractivity contribution is -0.137. The Labute approximate surface area is 90.9 Å². The SMILES string of the molecule is CC[C@@H](CCCC(=O)O)c1ccccc1. The van der Waals surface area contributed by atoms with Crippen LogP contribution < -0.4 is 0 Å². The number of benzene rings is 1. The lowest BCUT2D eigenvalue weighted by Crippen LogP contribution is -2.00. The topological polar surface area (TPSA) is 37.3 Å². The number of hydrogen-bond acceptors (Lipinski definition) is 1. The van der Waals surface area contributed by atoms with Gasteiger partial charge in [-0.3, -0.25) is 4.79 Å². The highest BCUT2D eigenvalue weighted by Crippen LogP contribution is 2.24. The smallest absolute Gasteiger partial charge is 0.303 e. The van der Waals surface area contributed by atoms with Crippen LogP contribution in [0.15, 0.2) is 30.3 Å². The molecule has 0 unspecified atom stereocenters. The summed E-state index contributed by atoms with van der Waals surface area (Å²) in [4.78, 5) is 10.4. The van der Waals surface area contributed by atoms with E-state index in [1.165, 1.54) is 5.56 Å². The molecule has 0 saturated carbocycles. The maximum Gasteiger partial charge on any atom is 0.303 e. The van der Waals surface area contributed by atoms with Crippen LogP contribution in [0.4, 0.5) is 0 Å². The molecule has 1 atom stereocenters. The number of rotatable bonds is 6. The van der Waals surface area contributed by atoms with E-state index in [9.17, 15) is 4.79 Å². The summed E-state index contributed by atoms with van der Waals surface area (Å²) in [6.45, 7) is 2.15. The molecule has 0 radical (unpaired) electrons. The third kappa shape index (κ3) is 4.15. The summed E-state index contributed by atoms with van der Waals surface area (Å²) < 4.78 is 0. The van der Waals surface area contributed by atoms with Crippen molar-refractivity contribution in [1.29, 1.82) is 0 Å². The van der Waals surface area contributed by atoms with Gasteiger partial charge in [-0.15, -0.1) is 0 Å². The van der Waals surface area contributed by atoms with Gasteiger partial charge in [-0.05, 0) is 30.7 Å². The summed E-state index contributed by atoms with van der Waals surface area (Å²) in [5, 5.41) is 8.57. The van der Waals surface area contributed by atoms with Gasteiger partial charge in [0.25, 0.3) is 0 Å². The first-order valence-corrected chi connectivity index (χ1v) is 5.50. The van der Waals surface area contributed by atoms with Crippen molar-refractivity contribution in [2.75, 3.05) is 0 Å². The van der Waals surface area contributed by atoms with E-state index in [1.807, 2.05) is 18.2 Å². The van der Waals surface area contributed by atoms with Crippen LogP contribution in [-0.2, 0) is 4.79 Å². The third-order valence-electron chi connectivity index (χ3n) is 2.71. The Morgan fingerprint density at radius 2 is 2.00 bits per heavy atom. The summed E-state index contributed by atoms with van der Waals surface area (Å²) in [7, 11) is 0. The molecule has 1 N–H and O–H groups in total. The number of carbonyl (C=O) groups is 1. The predicted octanol–water partition coefficient (Wildman–Crippen LogP) is 3.44. The molecular weight excluding hydrogens is 188 g/mol. The van der Waals surface area contributed by atoms with E-state index in [0.29, 0.717) is 5.92 Å². The Balaban J connectivity index is 2.46. The second kappa shape index (κ2) is 6.23. The minimum Gasteiger partial charge on any atom is -0.481 e.